The predicted molar refractivity (Wildman–Crippen MR) is 114 cm³/mol. The van der Waals surface area contributed by atoms with Gasteiger partial charge in [-0.15, -0.1) is 0 Å². The maximum atomic E-state index is 11.9. The molecule has 7 nitrogen and oxygen atoms in total. The van der Waals surface area contributed by atoms with Crippen LogP contribution in [0, 0.1) is 0 Å². The highest BCUT2D eigenvalue weighted by atomic mass is 32.2. The van der Waals surface area contributed by atoms with Crippen LogP contribution in [0.15, 0.2) is 41.6 Å². The molecule has 0 bridgehead atoms. The van der Waals surface area contributed by atoms with Gasteiger partial charge in [0.25, 0.3) is 0 Å². The van der Waals surface area contributed by atoms with Crippen LogP contribution in [0.25, 0.3) is 0 Å². The highest BCUT2D eigenvalue weighted by Gasteiger charge is 2.26. The van der Waals surface area contributed by atoms with Gasteiger partial charge in [-0.1, -0.05) is 19.1 Å². The van der Waals surface area contributed by atoms with Crippen molar-refractivity contribution in [3.05, 3.63) is 42.2 Å². The fourth-order valence-corrected chi connectivity index (χ4v) is 4.13. The van der Waals surface area contributed by atoms with E-state index in [9.17, 15) is 8.42 Å². The summed E-state index contributed by atoms with van der Waals surface area (Å²) in [6.45, 7) is 12.5. The van der Waals surface area contributed by atoms with Gasteiger partial charge in [0.2, 0.25) is 5.95 Å². The lowest BCUT2D eigenvalue weighted by Crippen LogP contribution is -2.53. The van der Waals surface area contributed by atoms with Crippen molar-refractivity contribution in [1.82, 2.24) is 14.9 Å². The Hall–Kier alpha value is -2.19. The lowest BCUT2D eigenvalue weighted by atomic mass is 10.1. The second kappa shape index (κ2) is 8.67. The number of piperazine rings is 1. The zero-order chi connectivity index (χ0) is 21.1. The molecule has 158 valence electrons. The Bertz CT molecular complexity index is 898. The van der Waals surface area contributed by atoms with Crippen molar-refractivity contribution >= 4 is 15.8 Å². The van der Waals surface area contributed by atoms with E-state index in [4.69, 9.17) is 4.74 Å². The van der Waals surface area contributed by atoms with Crippen LogP contribution >= 0.6 is 0 Å². The van der Waals surface area contributed by atoms with Crippen LogP contribution in [0.2, 0.25) is 0 Å². The van der Waals surface area contributed by atoms with Crippen LogP contribution in [0.5, 0.6) is 5.75 Å². The molecule has 0 unspecified atom stereocenters. The third-order valence-electron chi connectivity index (χ3n) is 5.19. The van der Waals surface area contributed by atoms with Gasteiger partial charge >= 0.3 is 0 Å². The fraction of sp³-hybridized carbons (Fsp3) is 0.524. The maximum Gasteiger partial charge on any atom is 0.225 e. The zero-order valence-electron chi connectivity index (χ0n) is 17.6. The highest BCUT2D eigenvalue weighted by molar-refractivity contribution is 7.91. The number of hydrogen-bond donors (Lipinski definition) is 0. The summed E-state index contributed by atoms with van der Waals surface area (Å²) in [6, 6.07) is 6.78. The minimum Gasteiger partial charge on any atom is -0.486 e. The summed E-state index contributed by atoms with van der Waals surface area (Å²) in [5.41, 5.74) is 1.08. The molecule has 1 aromatic carbocycles. The average molecular weight is 419 g/mol. The van der Waals surface area contributed by atoms with Crippen molar-refractivity contribution in [3.8, 4) is 5.75 Å². The van der Waals surface area contributed by atoms with Crippen molar-refractivity contribution in [2.75, 3.05) is 36.8 Å². The van der Waals surface area contributed by atoms with E-state index >= 15 is 0 Å². The Kier molecular flexibility index (Phi) is 6.43. The first-order chi connectivity index (χ1) is 13.7. The molecule has 8 heteroatoms. The minimum absolute atomic E-state index is 0.0950. The molecular weight excluding hydrogens is 388 g/mol. The van der Waals surface area contributed by atoms with E-state index < -0.39 is 9.84 Å². The number of nitrogens with zero attached hydrogens (tertiary/aromatic N) is 4. The predicted octanol–water partition coefficient (Wildman–Crippen LogP) is 2.77. The molecule has 3 rings (SSSR count). The van der Waals surface area contributed by atoms with Crippen molar-refractivity contribution in [1.29, 1.82) is 0 Å². The molecule has 0 saturated carbocycles. The van der Waals surface area contributed by atoms with E-state index in [1.807, 2.05) is 0 Å². The zero-order valence-corrected chi connectivity index (χ0v) is 18.4. The van der Waals surface area contributed by atoms with Crippen molar-refractivity contribution in [2.45, 2.75) is 44.7 Å². The minimum atomic E-state index is -3.18. The molecule has 0 spiro atoms. The van der Waals surface area contributed by atoms with Gasteiger partial charge in [-0.2, -0.15) is 0 Å². The number of hydrogen-bond acceptors (Lipinski definition) is 7. The molecule has 1 aliphatic heterocycles. The summed E-state index contributed by atoms with van der Waals surface area (Å²) >= 11 is 0. The van der Waals surface area contributed by atoms with Gasteiger partial charge in [-0.25, -0.2) is 18.4 Å². The van der Waals surface area contributed by atoms with Gasteiger partial charge < -0.3 is 9.64 Å². The van der Waals surface area contributed by atoms with E-state index in [0.717, 1.165) is 37.7 Å². The second-order valence-corrected chi connectivity index (χ2v) is 10.5. The molecule has 1 aromatic heterocycles. The standard InChI is InChI=1S/C21H30N4O3S/c1-5-29(26,27)19-8-6-17(7-9-19)16-28-18-14-22-20(23-15-18)24-10-12-25(13-11-24)21(2,3)4/h6-9,14-15H,5,10-13,16H2,1-4H3. The maximum absolute atomic E-state index is 11.9. The first kappa shape index (κ1) is 21.5. The largest absolute Gasteiger partial charge is 0.486 e. The summed E-state index contributed by atoms with van der Waals surface area (Å²) in [5.74, 6) is 1.41. The molecule has 1 fully saturated rings. The lowest BCUT2D eigenvalue weighted by molar-refractivity contribution is 0.128. The first-order valence-corrected chi connectivity index (χ1v) is 11.6. The fourth-order valence-electron chi connectivity index (χ4n) is 3.25. The van der Waals surface area contributed by atoms with E-state index in [1.165, 1.54) is 0 Å². The van der Waals surface area contributed by atoms with Gasteiger partial charge in [0.15, 0.2) is 15.6 Å². The van der Waals surface area contributed by atoms with Gasteiger partial charge in [-0.05, 0) is 38.5 Å². The Balaban J connectivity index is 1.54. The van der Waals surface area contributed by atoms with Crippen molar-refractivity contribution in [2.24, 2.45) is 0 Å². The Morgan fingerprint density at radius 2 is 1.59 bits per heavy atom. The molecule has 0 atom stereocenters. The van der Waals surface area contributed by atoms with Crippen LogP contribution in [0.3, 0.4) is 0 Å². The van der Waals surface area contributed by atoms with E-state index in [-0.39, 0.29) is 11.3 Å². The van der Waals surface area contributed by atoms with Crippen LogP contribution in [-0.4, -0.2) is 60.8 Å². The molecule has 0 aliphatic carbocycles. The molecule has 0 amide bonds. The smallest absolute Gasteiger partial charge is 0.225 e. The summed E-state index contributed by atoms with van der Waals surface area (Å²) in [7, 11) is -3.18. The van der Waals surface area contributed by atoms with Crippen LogP contribution < -0.4 is 9.64 Å². The van der Waals surface area contributed by atoms with Gasteiger partial charge in [-0.3, -0.25) is 4.90 Å². The summed E-state index contributed by atoms with van der Waals surface area (Å²) < 4.78 is 29.5. The first-order valence-electron chi connectivity index (χ1n) is 9.95. The Morgan fingerprint density at radius 3 is 2.10 bits per heavy atom. The molecule has 29 heavy (non-hydrogen) atoms. The number of benzene rings is 1. The molecule has 1 aliphatic rings. The Labute approximate surface area is 173 Å². The number of sulfone groups is 1. The summed E-state index contributed by atoms with van der Waals surface area (Å²) in [5, 5.41) is 0. The molecule has 2 aromatic rings. The molecule has 2 heterocycles. The number of ether oxygens (including phenoxy) is 1. The quantitative estimate of drug-likeness (QED) is 0.714. The van der Waals surface area contributed by atoms with Gasteiger partial charge in [0.1, 0.15) is 6.61 Å². The molecule has 0 radical (unpaired) electrons. The Morgan fingerprint density at radius 1 is 1.00 bits per heavy atom. The third kappa shape index (κ3) is 5.45. The average Bonchev–Trinajstić information content (AvgIpc) is 2.72. The van der Waals surface area contributed by atoms with Crippen molar-refractivity contribution in [3.63, 3.8) is 0 Å². The second-order valence-electron chi connectivity index (χ2n) is 8.20. The number of aromatic nitrogens is 2. The van der Waals surface area contributed by atoms with E-state index in [1.54, 1.807) is 43.6 Å². The van der Waals surface area contributed by atoms with Crippen LogP contribution in [-0.2, 0) is 16.4 Å². The number of anilines is 1. The molecule has 0 N–H and O–H groups in total. The highest BCUT2D eigenvalue weighted by Crippen LogP contribution is 2.20. The lowest BCUT2D eigenvalue weighted by Gasteiger charge is -2.42. The van der Waals surface area contributed by atoms with E-state index in [2.05, 4.69) is 40.5 Å². The monoisotopic (exact) mass is 418 g/mol. The summed E-state index contributed by atoms with van der Waals surface area (Å²) in [6.07, 6.45) is 3.38. The summed E-state index contributed by atoms with van der Waals surface area (Å²) in [4.78, 5) is 13.9. The van der Waals surface area contributed by atoms with Crippen LogP contribution in [0.1, 0.15) is 33.3 Å². The molecular formula is C21H30N4O3S. The topological polar surface area (TPSA) is 75.6 Å². The third-order valence-corrected chi connectivity index (χ3v) is 6.94. The van der Waals surface area contributed by atoms with E-state index in [0.29, 0.717) is 17.3 Å². The normalized spacial score (nSPS) is 16.1. The number of rotatable bonds is 6. The van der Waals surface area contributed by atoms with Crippen molar-refractivity contribution < 1.29 is 13.2 Å². The molecule has 1 saturated heterocycles. The SMILES string of the molecule is CCS(=O)(=O)c1ccc(COc2cnc(N3CCN(C(C)(C)C)CC3)nc2)cc1. The van der Waals surface area contributed by atoms with Gasteiger partial charge in [0, 0.05) is 31.7 Å². The van der Waals surface area contributed by atoms with Crippen LogP contribution in [0.4, 0.5) is 5.95 Å². The van der Waals surface area contributed by atoms with Gasteiger partial charge in [0.05, 0.1) is 23.0 Å².